The molecule has 0 amide bonds. The molecule has 1 rings (SSSR count). The smallest absolute Gasteiger partial charge is 0.336 e. The molecule has 0 saturated carbocycles. The Morgan fingerprint density at radius 1 is 1.50 bits per heavy atom. The topological polar surface area (TPSA) is 46.5 Å². The first-order valence-electron chi connectivity index (χ1n) is 4.38. The number of esters is 1. The Morgan fingerprint density at radius 2 is 2.12 bits per heavy atom. The molecular weight excluding hydrogens is 251 g/mol. The van der Waals surface area contributed by atoms with Crippen LogP contribution in [-0.4, -0.2) is 18.2 Å². The van der Waals surface area contributed by atoms with E-state index >= 15 is 0 Å². The van der Waals surface area contributed by atoms with Gasteiger partial charge in [-0.1, -0.05) is 41.9 Å². The number of rotatable bonds is 3. The highest BCUT2D eigenvalue weighted by atomic mass is 35.5. The van der Waals surface area contributed by atoms with Crippen LogP contribution < -0.4 is 0 Å². The first kappa shape index (κ1) is 13.0. The summed E-state index contributed by atoms with van der Waals surface area (Å²) in [6.07, 6.45) is -1.22. The van der Waals surface area contributed by atoms with Gasteiger partial charge in [0.1, 0.15) is 6.10 Å². The van der Waals surface area contributed by atoms with Crippen LogP contribution in [0.5, 0.6) is 0 Å². The number of halogens is 2. The van der Waals surface area contributed by atoms with Gasteiger partial charge in [-0.05, 0) is 6.07 Å². The maximum atomic E-state index is 11.2. The van der Waals surface area contributed by atoms with E-state index in [1.807, 2.05) is 0 Å². The Kier molecular flexibility index (Phi) is 4.35. The van der Waals surface area contributed by atoms with Gasteiger partial charge in [0, 0.05) is 5.56 Å². The van der Waals surface area contributed by atoms with Crippen molar-refractivity contribution in [3.8, 4) is 0 Å². The average Bonchev–Trinajstić information content (AvgIpc) is 2.29. The molecule has 0 aliphatic heterocycles. The van der Waals surface area contributed by atoms with Gasteiger partial charge >= 0.3 is 5.97 Å². The van der Waals surface area contributed by atoms with E-state index in [0.717, 1.165) is 0 Å². The molecule has 0 aliphatic carbocycles. The Bertz CT molecular complexity index is 429. The number of aliphatic hydroxyl groups excluding tert-OH is 1. The Labute approximate surface area is 103 Å². The van der Waals surface area contributed by atoms with Crippen LogP contribution in [0.3, 0.4) is 0 Å². The minimum atomic E-state index is -1.22. The van der Waals surface area contributed by atoms with Gasteiger partial charge in [0.25, 0.3) is 0 Å². The van der Waals surface area contributed by atoms with E-state index in [4.69, 9.17) is 23.2 Å². The molecule has 0 unspecified atom stereocenters. The fourth-order valence-corrected chi connectivity index (χ4v) is 1.57. The van der Waals surface area contributed by atoms with Crippen molar-refractivity contribution in [1.82, 2.24) is 0 Å². The third-order valence-corrected chi connectivity index (χ3v) is 2.89. The molecule has 0 fully saturated rings. The van der Waals surface area contributed by atoms with Gasteiger partial charge in [-0.2, -0.15) is 0 Å². The molecule has 0 spiro atoms. The van der Waals surface area contributed by atoms with Gasteiger partial charge in [0.15, 0.2) is 0 Å². The molecule has 1 atom stereocenters. The molecule has 5 heteroatoms. The normalized spacial score (nSPS) is 12.0. The summed E-state index contributed by atoms with van der Waals surface area (Å²) < 4.78 is 4.45. The Balaban J connectivity index is 3.05. The highest BCUT2D eigenvalue weighted by Crippen LogP contribution is 2.32. The lowest BCUT2D eigenvalue weighted by Gasteiger charge is -2.14. The minimum absolute atomic E-state index is 0.0910. The Hall–Kier alpha value is -1.03. The summed E-state index contributed by atoms with van der Waals surface area (Å²) in [6, 6.07) is 4.77. The zero-order chi connectivity index (χ0) is 12.3. The van der Waals surface area contributed by atoms with Gasteiger partial charge in [-0.3, -0.25) is 0 Å². The summed E-state index contributed by atoms with van der Waals surface area (Å²) in [7, 11) is 1.21. The van der Waals surface area contributed by atoms with Gasteiger partial charge in [-0.15, -0.1) is 0 Å². The number of benzene rings is 1. The highest BCUT2D eigenvalue weighted by Gasteiger charge is 2.21. The first-order chi connectivity index (χ1) is 7.49. The average molecular weight is 261 g/mol. The SMILES string of the molecule is C=C(C(=O)OC)[C@@H](O)c1cccc(Cl)c1Cl. The lowest BCUT2D eigenvalue weighted by molar-refractivity contribution is -0.137. The minimum Gasteiger partial charge on any atom is -0.466 e. The van der Waals surface area contributed by atoms with Crippen molar-refractivity contribution in [2.24, 2.45) is 0 Å². The van der Waals surface area contributed by atoms with Crippen molar-refractivity contribution >= 4 is 29.2 Å². The maximum absolute atomic E-state index is 11.2. The second-order valence-corrected chi connectivity index (χ2v) is 3.85. The first-order valence-corrected chi connectivity index (χ1v) is 5.13. The van der Waals surface area contributed by atoms with Crippen LogP contribution in [0.25, 0.3) is 0 Å². The number of ether oxygens (including phenoxy) is 1. The van der Waals surface area contributed by atoms with Crippen LogP contribution in [0.2, 0.25) is 10.0 Å². The van der Waals surface area contributed by atoms with E-state index in [1.165, 1.54) is 7.11 Å². The van der Waals surface area contributed by atoms with Crippen LogP contribution in [0.15, 0.2) is 30.4 Å². The van der Waals surface area contributed by atoms with Gasteiger partial charge in [-0.25, -0.2) is 4.79 Å². The van der Waals surface area contributed by atoms with E-state index in [2.05, 4.69) is 11.3 Å². The predicted octanol–water partition coefficient (Wildman–Crippen LogP) is 2.76. The van der Waals surface area contributed by atoms with Crippen molar-refractivity contribution in [1.29, 1.82) is 0 Å². The van der Waals surface area contributed by atoms with Gasteiger partial charge in [0.05, 0.1) is 22.7 Å². The van der Waals surface area contributed by atoms with Crippen molar-refractivity contribution in [3.63, 3.8) is 0 Å². The summed E-state index contributed by atoms with van der Waals surface area (Å²) in [5.41, 5.74) is 0.233. The third-order valence-electron chi connectivity index (χ3n) is 2.05. The van der Waals surface area contributed by atoms with Gasteiger partial charge < -0.3 is 9.84 Å². The highest BCUT2D eigenvalue weighted by molar-refractivity contribution is 6.42. The molecule has 3 nitrogen and oxygen atoms in total. The monoisotopic (exact) mass is 260 g/mol. The zero-order valence-electron chi connectivity index (χ0n) is 8.54. The summed E-state index contributed by atoms with van der Waals surface area (Å²) in [5, 5.41) is 10.4. The molecule has 0 bridgehead atoms. The summed E-state index contributed by atoms with van der Waals surface area (Å²) in [4.78, 5) is 11.2. The number of carbonyl (C=O) groups excluding carboxylic acids is 1. The maximum Gasteiger partial charge on any atom is 0.336 e. The molecule has 0 aromatic heterocycles. The lowest BCUT2D eigenvalue weighted by Crippen LogP contribution is -2.12. The summed E-state index contributed by atoms with van der Waals surface area (Å²) in [6.45, 7) is 3.45. The van der Waals surface area contributed by atoms with Crippen LogP contribution >= 0.6 is 23.2 Å². The molecule has 1 aromatic carbocycles. The van der Waals surface area contributed by atoms with E-state index in [-0.39, 0.29) is 10.6 Å². The van der Waals surface area contributed by atoms with Crippen molar-refractivity contribution in [2.45, 2.75) is 6.10 Å². The van der Waals surface area contributed by atoms with Crippen LogP contribution in [0.1, 0.15) is 11.7 Å². The van der Waals surface area contributed by atoms with Crippen molar-refractivity contribution < 1.29 is 14.6 Å². The molecular formula is C11H10Cl2O3. The van der Waals surface area contributed by atoms with Crippen molar-refractivity contribution in [3.05, 3.63) is 46.0 Å². The van der Waals surface area contributed by atoms with E-state index in [9.17, 15) is 9.90 Å². The van der Waals surface area contributed by atoms with E-state index in [1.54, 1.807) is 18.2 Å². The summed E-state index contributed by atoms with van der Waals surface area (Å²) in [5.74, 6) is -0.691. The summed E-state index contributed by atoms with van der Waals surface area (Å²) >= 11 is 11.7. The number of aliphatic hydroxyl groups is 1. The molecule has 0 aliphatic rings. The van der Waals surface area contributed by atoms with Gasteiger partial charge in [0.2, 0.25) is 0 Å². The van der Waals surface area contributed by atoms with E-state index in [0.29, 0.717) is 10.6 Å². The van der Waals surface area contributed by atoms with Crippen molar-refractivity contribution in [2.75, 3.05) is 7.11 Å². The van der Waals surface area contributed by atoms with Crippen LogP contribution in [0.4, 0.5) is 0 Å². The second kappa shape index (κ2) is 5.34. The molecule has 0 saturated heterocycles. The van der Waals surface area contributed by atoms with Crippen LogP contribution in [0, 0.1) is 0 Å². The standard InChI is InChI=1S/C11H10Cl2O3/c1-6(11(15)16-2)10(14)7-4-3-5-8(12)9(7)13/h3-5,10,14H,1H2,2H3/t10-/m1/s1. The molecule has 86 valence electrons. The van der Waals surface area contributed by atoms with Crippen LogP contribution in [-0.2, 0) is 9.53 Å². The predicted molar refractivity (Wildman–Crippen MR) is 62.6 cm³/mol. The molecule has 16 heavy (non-hydrogen) atoms. The molecule has 1 aromatic rings. The quantitative estimate of drug-likeness (QED) is 0.672. The molecule has 1 N–H and O–H groups in total. The molecule has 0 radical (unpaired) electrons. The number of methoxy groups -OCH3 is 1. The fourth-order valence-electron chi connectivity index (χ4n) is 1.16. The van der Waals surface area contributed by atoms with E-state index < -0.39 is 12.1 Å². The fraction of sp³-hybridized carbons (Fsp3) is 0.182. The Morgan fingerprint density at radius 3 is 2.69 bits per heavy atom. The number of hydrogen-bond donors (Lipinski definition) is 1. The zero-order valence-corrected chi connectivity index (χ0v) is 10.0. The third kappa shape index (κ3) is 2.55. The number of carbonyl (C=O) groups is 1. The largest absolute Gasteiger partial charge is 0.466 e. The molecule has 0 heterocycles. The second-order valence-electron chi connectivity index (χ2n) is 3.06. The number of hydrogen-bond acceptors (Lipinski definition) is 3. The lowest BCUT2D eigenvalue weighted by atomic mass is 10.0.